The molecular weight excluding hydrogens is 448 g/mol. The number of urea groups is 1. The second-order valence-corrected chi connectivity index (χ2v) is 9.91. The standard InChI is InChI=1S/C26H38N4O5/c1-28(17-19-7-6-13-29-12-5-4-8-21(19)29)24(31)16-20-25(32)30(26(33)27-20)14-11-18-9-10-22(34-2)23(15-18)35-3/h9-10,15,19-21H,4-8,11-14,16-17H2,1-3H3,(H,27,33)/t19-,20+,21+/m0/s1. The molecule has 3 heterocycles. The Morgan fingerprint density at radius 1 is 1.09 bits per heavy atom. The molecule has 3 atom stereocenters. The lowest BCUT2D eigenvalue weighted by Crippen LogP contribution is -2.51. The van der Waals surface area contributed by atoms with Crippen LogP contribution in [0.2, 0.25) is 0 Å². The monoisotopic (exact) mass is 486 g/mol. The normalized spacial score (nSPS) is 24.7. The van der Waals surface area contributed by atoms with E-state index in [9.17, 15) is 14.4 Å². The predicted octanol–water partition coefficient (Wildman–Crippen LogP) is 2.28. The van der Waals surface area contributed by atoms with E-state index < -0.39 is 12.1 Å². The zero-order valence-corrected chi connectivity index (χ0v) is 21.1. The number of nitrogens with one attached hydrogen (secondary N) is 1. The van der Waals surface area contributed by atoms with Crippen LogP contribution in [0.4, 0.5) is 4.79 Å². The molecule has 0 radical (unpaired) electrons. The van der Waals surface area contributed by atoms with Gasteiger partial charge in [0.05, 0.1) is 20.6 Å². The summed E-state index contributed by atoms with van der Waals surface area (Å²) < 4.78 is 10.6. The molecule has 0 unspecified atom stereocenters. The van der Waals surface area contributed by atoms with Gasteiger partial charge in [-0.3, -0.25) is 14.5 Å². The number of benzene rings is 1. The van der Waals surface area contributed by atoms with E-state index in [-0.39, 0.29) is 24.8 Å². The zero-order valence-electron chi connectivity index (χ0n) is 21.1. The molecule has 4 rings (SSSR count). The fourth-order valence-electron chi connectivity index (χ4n) is 5.78. The summed E-state index contributed by atoms with van der Waals surface area (Å²) in [7, 11) is 4.96. The first-order valence-electron chi connectivity index (χ1n) is 12.7. The highest BCUT2D eigenvalue weighted by Gasteiger charge is 2.40. The highest BCUT2D eigenvalue weighted by Crippen LogP contribution is 2.31. The lowest BCUT2D eigenvalue weighted by atomic mass is 9.83. The SMILES string of the molecule is COc1ccc(CCN2C(=O)N[C@H](CC(=O)N(C)C[C@@H]3CCCN4CCCC[C@H]34)C2=O)cc1OC. The molecule has 3 fully saturated rings. The molecule has 1 N–H and O–H groups in total. The Morgan fingerprint density at radius 2 is 1.86 bits per heavy atom. The summed E-state index contributed by atoms with van der Waals surface area (Å²) in [6, 6.07) is 4.84. The number of amides is 4. The third-order valence-electron chi connectivity index (χ3n) is 7.72. The summed E-state index contributed by atoms with van der Waals surface area (Å²) in [6.45, 7) is 3.28. The Hall–Kier alpha value is -2.81. The lowest BCUT2D eigenvalue weighted by Gasteiger charge is -2.45. The Bertz CT molecular complexity index is 936. The van der Waals surface area contributed by atoms with Crippen molar-refractivity contribution in [1.82, 2.24) is 20.0 Å². The van der Waals surface area contributed by atoms with E-state index in [0.29, 0.717) is 36.4 Å². The van der Waals surface area contributed by atoms with Crippen LogP contribution >= 0.6 is 0 Å². The minimum atomic E-state index is -0.805. The van der Waals surface area contributed by atoms with E-state index in [2.05, 4.69) is 10.2 Å². The van der Waals surface area contributed by atoms with Gasteiger partial charge < -0.3 is 24.6 Å². The van der Waals surface area contributed by atoms with Crippen molar-refractivity contribution in [2.75, 3.05) is 47.4 Å². The van der Waals surface area contributed by atoms with Crippen LogP contribution in [-0.2, 0) is 16.0 Å². The first-order chi connectivity index (χ1) is 16.9. The second-order valence-electron chi connectivity index (χ2n) is 9.91. The number of piperidine rings is 2. The van der Waals surface area contributed by atoms with Crippen LogP contribution in [0.3, 0.4) is 0 Å². The highest BCUT2D eigenvalue weighted by molar-refractivity contribution is 6.05. The van der Waals surface area contributed by atoms with Crippen molar-refractivity contribution in [2.24, 2.45) is 5.92 Å². The number of ether oxygens (including phenoxy) is 2. The lowest BCUT2D eigenvalue weighted by molar-refractivity contribution is -0.135. The molecule has 3 saturated heterocycles. The van der Waals surface area contributed by atoms with Gasteiger partial charge in [-0.05, 0) is 68.8 Å². The van der Waals surface area contributed by atoms with Gasteiger partial charge >= 0.3 is 6.03 Å². The number of carbonyl (C=O) groups is 3. The molecule has 0 aromatic heterocycles. The molecule has 3 aliphatic heterocycles. The average Bonchev–Trinajstić information content (AvgIpc) is 3.14. The van der Waals surface area contributed by atoms with Crippen LogP contribution < -0.4 is 14.8 Å². The smallest absolute Gasteiger partial charge is 0.324 e. The van der Waals surface area contributed by atoms with Crippen molar-refractivity contribution in [3.05, 3.63) is 23.8 Å². The zero-order chi connectivity index (χ0) is 24.9. The predicted molar refractivity (Wildman–Crippen MR) is 131 cm³/mol. The fraction of sp³-hybridized carbons (Fsp3) is 0.654. The number of fused-ring (bicyclic) bond motifs is 1. The van der Waals surface area contributed by atoms with Crippen LogP contribution in [0.25, 0.3) is 0 Å². The second kappa shape index (κ2) is 11.3. The molecule has 0 saturated carbocycles. The molecule has 35 heavy (non-hydrogen) atoms. The topological polar surface area (TPSA) is 91.4 Å². The Kier molecular flexibility index (Phi) is 8.15. The summed E-state index contributed by atoms with van der Waals surface area (Å²) in [4.78, 5) is 43.9. The summed E-state index contributed by atoms with van der Waals surface area (Å²) in [5.74, 6) is 1.26. The molecule has 0 spiro atoms. The summed E-state index contributed by atoms with van der Waals surface area (Å²) in [6.07, 6.45) is 6.53. The van der Waals surface area contributed by atoms with Gasteiger partial charge in [0.1, 0.15) is 6.04 Å². The highest BCUT2D eigenvalue weighted by atomic mass is 16.5. The molecule has 192 valence electrons. The Balaban J connectivity index is 1.29. The Labute approximate surface area is 207 Å². The van der Waals surface area contributed by atoms with Crippen LogP contribution in [0, 0.1) is 5.92 Å². The number of nitrogens with zero attached hydrogens (tertiary/aromatic N) is 3. The first kappa shape index (κ1) is 25.3. The maximum atomic E-state index is 13.0. The van der Waals surface area contributed by atoms with E-state index >= 15 is 0 Å². The molecule has 9 heteroatoms. The van der Waals surface area contributed by atoms with Crippen molar-refractivity contribution < 1.29 is 23.9 Å². The van der Waals surface area contributed by atoms with E-state index in [4.69, 9.17) is 9.47 Å². The van der Waals surface area contributed by atoms with E-state index in [0.717, 1.165) is 12.0 Å². The van der Waals surface area contributed by atoms with Gasteiger partial charge in [-0.2, -0.15) is 0 Å². The van der Waals surface area contributed by atoms with Gasteiger partial charge in [-0.15, -0.1) is 0 Å². The molecule has 0 aliphatic carbocycles. The Morgan fingerprint density at radius 3 is 2.63 bits per heavy atom. The molecule has 3 aliphatic rings. The van der Waals surface area contributed by atoms with Crippen LogP contribution in [-0.4, -0.2) is 92.1 Å². The van der Waals surface area contributed by atoms with Crippen molar-refractivity contribution >= 4 is 17.8 Å². The number of hydrogen-bond acceptors (Lipinski definition) is 6. The first-order valence-corrected chi connectivity index (χ1v) is 12.7. The minimum Gasteiger partial charge on any atom is -0.493 e. The number of imide groups is 1. The number of rotatable bonds is 9. The average molecular weight is 487 g/mol. The summed E-state index contributed by atoms with van der Waals surface area (Å²) >= 11 is 0. The maximum Gasteiger partial charge on any atom is 0.324 e. The molecule has 4 amide bonds. The van der Waals surface area contributed by atoms with Crippen molar-refractivity contribution in [3.8, 4) is 11.5 Å². The van der Waals surface area contributed by atoms with Crippen molar-refractivity contribution in [3.63, 3.8) is 0 Å². The third kappa shape index (κ3) is 5.72. The summed E-state index contributed by atoms with van der Waals surface area (Å²) in [5.41, 5.74) is 0.923. The van der Waals surface area contributed by atoms with Crippen LogP contribution in [0.5, 0.6) is 11.5 Å². The molecule has 0 bridgehead atoms. The molecule has 1 aromatic carbocycles. The van der Waals surface area contributed by atoms with E-state index in [1.165, 1.54) is 43.7 Å². The van der Waals surface area contributed by atoms with Crippen LogP contribution in [0.1, 0.15) is 44.1 Å². The quantitative estimate of drug-likeness (QED) is 0.539. The van der Waals surface area contributed by atoms with Crippen molar-refractivity contribution in [2.45, 2.75) is 57.0 Å². The fourth-order valence-corrected chi connectivity index (χ4v) is 5.78. The van der Waals surface area contributed by atoms with Crippen LogP contribution in [0.15, 0.2) is 18.2 Å². The summed E-state index contributed by atoms with van der Waals surface area (Å²) in [5, 5.41) is 2.70. The molecule has 9 nitrogen and oxygen atoms in total. The van der Waals surface area contributed by atoms with E-state index in [1.54, 1.807) is 25.2 Å². The minimum absolute atomic E-state index is 0.00493. The molecule has 1 aromatic rings. The van der Waals surface area contributed by atoms with Gasteiger partial charge in [-0.1, -0.05) is 12.5 Å². The number of hydrogen-bond donors (Lipinski definition) is 1. The third-order valence-corrected chi connectivity index (χ3v) is 7.72. The van der Waals surface area contributed by atoms with Gasteiger partial charge in [0.15, 0.2) is 11.5 Å². The largest absolute Gasteiger partial charge is 0.493 e. The van der Waals surface area contributed by atoms with Gasteiger partial charge in [0.2, 0.25) is 5.91 Å². The van der Waals surface area contributed by atoms with E-state index in [1.807, 2.05) is 19.2 Å². The molecular formula is C26H38N4O5. The van der Waals surface area contributed by atoms with Gasteiger partial charge in [-0.25, -0.2) is 4.79 Å². The number of methoxy groups -OCH3 is 2. The number of carbonyl (C=O) groups excluding carboxylic acids is 3. The van der Waals surface area contributed by atoms with Gasteiger partial charge in [0, 0.05) is 26.2 Å². The van der Waals surface area contributed by atoms with Crippen molar-refractivity contribution in [1.29, 1.82) is 0 Å². The van der Waals surface area contributed by atoms with Gasteiger partial charge in [0.25, 0.3) is 5.91 Å². The maximum absolute atomic E-state index is 13.0.